The summed E-state index contributed by atoms with van der Waals surface area (Å²) in [5.74, 6) is -17.2. The highest BCUT2D eigenvalue weighted by Gasteiger charge is 2.63. The molecule has 7 rings (SSSR count). The number of carbonyl (C=O) groups excluding carboxylic acids is 4. The Morgan fingerprint density at radius 3 is 1.43 bits per heavy atom. The number of benzene rings is 3. The number of rotatable bonds is 3. The molecule has 2 aliphatic heterocycles. The number of hydrogen-bond acceptors (Lipinski definition) is 5. The summed E-state index contributed by atoms with van der Waals surface area (Å²) in [7, 11) is 0. The Labute approximate surface area is 305 Å². The maximum atomic E-state index is 14.8. The van der Waals surface area contributed by atoms with E-state index in [2.05, 4.69) is 0 Å². The van der Waals surface area contributed by atoms with Crippen LogP contribution in [0.2, 0.25) is 0 Å². The molecular weight excluding hydrogens is 787 g/mol. The lowest BCUT2D eigenvalue weighted by atomic mass is 9.57. The fraction of sp³-hybridized carbons (Fsp3) is 0.333. The molecule has 296 valence electrons. The Hall–Kier alpha value is -5.43. The fourth-order valence-electron chi connectivity index (χ4n) is 8.36. The quantitative estimate of drug-likeness (QED) is 0.163. The number of alkyl halides is 12. The summed E-state index contributed by atoms with van der Waals surface area (Å²) in [6.07, 6.45) is -21.3. The molecule has 3 fully saturated rings. The molecule has 4 aliphatic rings. The third kappa shape index (κ3) is 6.16. The standard InChI is InChI=1S/C36H21F13N2O5/c37-24-3-1-2-20(28(24)52)25-19-4-5-21-26(31(55)50(29(21)53)17-8-13(33(38,39)40)6-14(9-17)34(41,42)43)22(19)12-23-27(25)32(56)51(30(23)54)18-10-15(35(44,45)46)7-16(11-18)36(47,48)49/h1-4,6-11,21-23,25-27,52H,5,12H2/t21-,22+,23+,25+,26-,27+/m0/s1. The predicted molar refractivity (Wildman–Crippen MR) is 163 cm³/mol. The number of amides is 4. The van der Waals surface area contributed by atoms with Crippen molar-refractivity contribution in [1.82, 2.24) is 0 Å². The van der Waals surface area contributed by atoms with Gasteiger partial charge in [-0.1, -0.05) is 23.8 Å². The minimum atomic E-state index is -5.40. The second-order valence-corrected chi connectivity index (χ2v) is 13.8. The topological polar surface area (TPSA) is 95.0 Å². The SMILES string of the molecule is O=C1[C@H]2[C@H](CC=C3[C@H]2C[C@H]2C(=O)N(c4cc(C(F)(F)F)cc(C(F)(F)F)c4)C(=O)[C@H]2[C@H]3c2cccc(F)c2O)C(=O)N1c1cc(C(F)(F)F)cc(C(F)(F)F)c1. The molecule has 0 bridgehead atoms. The van der Waals surface area contributed by atoms with Crippen molar-refractivity contribution in [1.29, 1.82) is 0 Å². The van der Waals surface area contributed by atoms with Crippen LogP contribution in [0.15, 0.2) is 66.2 Å². The van der Waals surface area contributed by atoms with Gasteiger partial charge in [0.25, 0.3) is 0 Å². The first-order valence-corrected chi connectivity index (χ1v) is 16.3. The molecule has 2 heterocycles. The lowest BCUT2D eigenvalue weighted by molar-refractivity contribution is -0.144. The van der Waals surface area contributed by atoms with E-state index in [1.54, 1.807) is 0 Å². The molecule has 20 heteroatoms. The minimum Gasteiger partial charge on any atom is -0.505 e. The van der Waals surface area contributed by atoms with Gasteiger partial charge in [-0.25, -0.2) is 14.2 Å². The Bertz CT molecular complexity index is 2180. The van der Waals surface area contributed by atoms with Gasteiger partial charge in [0.15, 0.2) is 11.6 Å². The normalized spacial score (nSPS) is 25.7. The number of para-hydroxylation sites is 1. The van der Waals surface area contributed by atoms with Gasteiger partial charge in [-0.15, -0.1) is 0 Å². The number of allylic oxidation sites excluding steroid dienone is 2. The van der Waals surface area contributed by atoms with E-state index in [1.165, 1.54) is 6.08 Å². The first-order chi connectivity index (χ1) is 25.8. The summed E-state index contributed by atoms with van der Waals surface area (Å²) in [6.45, 7) is 0. The number of anilines is 2. The maximum absolute atomic E-state index is 14.8. The van der Waals surface area contributed by atoms with Crippen LogP contribution in [0, 0.1) is 35.4 Å². The van der Waals surface area contributed by atoms with Crippen LogP contribution in [0.25, 0.3) is 0 Å². The number of carbonyl (C=O) groups is 4. The van der Waals surface area contributed by atoms with Gasteiger partial charge in [-0.05, 0) is 61.2 Å². The third-order valence-electron chi connectivity index (χ3n) is 10.7. The number of imide groups is 2. The smallest absolute Gasteiger partial charge is 0.416 e. The first-order valence-electron chi connectivity index (χ1n) is 16.3. The summed E-state index contributed by atoms with van der Waals surface area (Å²) in [6, 6.07) is 3.04. The van der Waals surface area contributed by atoms with Crippen molar-refractivity contribution < 1.29 is 81.4 Å². The molecule has 56 heavy (non-hydrogen) atoms. The van der Waals surface area contributed by atoms with Crippen molar-refractivity contribution in [3.05, 3.63) is 99.9 Å². The highest BCUT2D eigenvalue weighted by Crippen LogP contribution is 2.60. The second kappa shape index (κ2) is 12.5. The van der Waals surface area contributed by atoms with E-state index < -0.39 is 147 Å². The number of fused-ring (bicyclic) bond motifs is 4. The summed E-state index contributed by atoms with van der Waals surface area (Å²) in [5, 5.41) is 10.8. The molecule has 4 amide bonds. The van der Waals surface area contributed by atoms with Crippen LogP contribution in [0.4, 0.5) is 68.5 Å². The minimum absolute atomic E-state index is 0.0144. The average molecular weight is 809 g/mol. The highest BCUT2D eigenvalue weighted by molar-refractivity contribution is 6.24. The zero-order valence-electron chi connectivity index (χ0n) is 27.5. The van der Waals surface area contributed by atoms with E-state index in [4.69, 9.17) is 0 Å². The molecular formula is C36H21F13N2O5. The Morgan fingerprint density at radius 2 is 0.982 bits per heavy atom. The Kier molecular flexibility index (Phi) is 8.69. The van der Waals surface area contributed by atoms with E-state index in [0.717, 1.165) is 18.2 Å². The summed E-state index contributed by atoms with van der Waals surface area (Å²) < 4.78 is 180. The van der Waals surface area contributed by atoms with Gasteiger partial charge in [0.05, 0.1) is 57.3 Å². The van der Waals surface area contributed by atoms with Gasteiger partial charge < -0.3 is 5.11 Å². The van der Waals surface area contributed by atoms with Crippen LogP contribution in [0.5, 0.6) is 5.75 Å². The third-order valence-corrected chi connectivity index (χ3v) is 10.7. The predicted octanol–water partition coefficient (Wildman–Crippen LogP) is 8.65. The molecule has 1 N–H and O–H groups in total. The lowest BCUT2D eigenvalue weighted by Gasteiger charge is -2.44. The first kappa shape index (κ1) is 38.8. The van der Waals surface area contributed by atoms with Crippen molar-refractivity contribution in [3.8, 4) is 5.75 Å². The summed E-state index contributed by atoms with van der Waals surface area (Å²) in [5.41, 5.74) is -10.1. The van der Waals surface area contributed by atoms with Crippen LogP contribution < -0.4 is 9.80 Å². The molecule has 6 atom stereocenters. The molecule has 0 aromatic heterocycles. The van der Waals surface area contributed by atoms with Gasteiger partial charge in [-0.3, -0.25) is 19.2 Å². The molecule has 2 saturated heterocycles. The Balaban J connectivity index is 1.36. The van der Waals surface area contributed by atoms with Gasteiger partial charge >= 0.3 is 24.7 Å². The molecule has 0 radical (unpaired) electrons. The van der Waals surface area contributed by atoms with Crippen LogP contribution in [-0.2, 0) is 43.9 Å². The van der Waals surface area contributed by atoms with Crippen molar-refractivity contribution in [2.24, 2.45) is 29.6 Å². The molecule has 1 saturated carbocycles. The van der Waals surface area contributed by atoms with Gasteiger partial charge in [-0.2, -0.15) is 52.7 Å². The van der Waals surface area contributed by atoms with E-state index in [1.807, 2.05) is 0 Å². The zero-order valence-corrected chi connectivity index (χ0v) is 27.5. The molecule has 3 aromatic rings. The van der Waals surface area contributed by atoms with Gasteiger partial charge in [0, 0.05) is 11.5 Å². The maximum Gasteiger partial charge on any atom is 0.416 e. The van der Waals surface area contributed by atoms with Crippen molar-refractivity contribution in [3.63, 3.8) is 0 Å². The van der Waals surface area contributed by atoms with E-state index in [-0.39, 0.29) is 51.8 Å². The number of nitrogens with zero attached hydrogens (tertiary/aromatic N) is 2. The number of hydrogen-bond donors (Lipinski definition) is 1. The van der Waals surface area contributed by atoms with E-state index in [0.29, 0.717) is 0 Å². The zero-order chi connectivity index (χ0) is 41.2. The van der Waals surface area contributed by atoms with E-state index >= 15 is 0 Å². The van der Waals surface area contributed by atoms with Gasteiger partial charge in [0.1, 0.15) is 0 Å². The highest BCUT2D eigenvalue weighted by atomic mass is 19.4. The van der Waals surface area contributed by atoms with Crippen LogP contribution in [0.1, 0.15) is 46.6 Å². The molecule has 7 nitrogen and oxygen atoms in total. The van der Waals surface area contributed by atoms with Crippen molar-refractivity contribution in [2.75, 3.05) is 9.80 Å². The number of phenolic OH excluding ortho intramolecular Hbond substituents is 1. The van der Waals surface area contributed by atoms with Crippen molar-refractivity contribution >= 4 is 35.0 Å². The van der Waals surface area contributed by atoms with Crippen LogP contribution in [-0.4, -0.2) is 28.7 Å². The fourth-order valence-corrected chi connectivity index (χ4v) is 8.36. The molecule has 0 unspecified atom stereocenters. The number of halogens is 13. The number of aromatic hydroxyl groups is 1. The largest absolute Gasteiger partial charge is 0.505 e. The second-order valence-electron chi connectivity index (χ2n) is 13.8. The monoisotopic (exact) mass is 808 g/mol. The van der Waals surface area contributed by atoms with Gasteiger partial charge in [0.2, 0.25) is 23.6 Å². The van der Waals surface area contributed by atoms with Crippen LogP contribution in [0.3, 0.4) is 0 Å². The van der Waals surface area contributed by atoms with Crippen LogP contribution >= 0.6 is 0 Å². The summed E-state index contributed by atoms with van der Waals surface area (Å²) in [4.78, 5) is 56.3. The molecule has 0 spiro atoms. The molecule has 2 aliphatic carbocycles. The molecule has 3 aromatic carbocycles. The average Bonchev–Trinajstić information content (AvgIpc) is 3.50. The summed E-state index contributed by atoms with van der Waals surface area (Å²) >= 11 is 0. The van der Waals surface area contributed by atoms with Crippen molar-refractivity contribution in [2.45, 2.75) is 43.5 Å². The Morgan fingerprint density at radius 1 is 0.554 bits per heavy atom. The lowest BCUT2D eigenvalue weighted by Crippen LogP contribution is -2.43. The number of phenols is 1. The van der Waals surface area contributed by atoms with E-state index in [9.17, 15) is 81.4 Å².